The van der Waals surface area contributed by atoms with Crippen LogP contribution in [-0.4, -0.2) is 14.2 Å². The van der Waals surface area contributed by atoms with Gasteiger partial charge in [-0.25, -0.2) is 0 Å². The normalized spacial score (nSPS) is 14.5. The van der Waals surface area contributed by atoms with E-state index in [1.807, 2.05) is 24.3 Å². The highest BCUT2D eigenvalue weighted by Gasteiger charge is 2.28. The Bertz CT molecular complexity index is 1240. The number of fused-ring (bicyclic) bond motifs is 1. The number of Topliss-reactive ketones (excluding diaryl/α,β-unsaturated/α-hetero) is 1. The third-order valence-corrected chi connectivity index (χ3v) is 6.43. The summed E-state index contributed by atoms with van der Waals surface area (Å²) in [5.74, 6) is 0.256. The van der Waals surface area contributed by atoms with Gasteiger partial charge in [0.25, 0.3) is 0 Å². The molecular weight excluding hydrogens is 468 g/mol. The van der Waals surface area contributed by atoms with Crippen LogP contribution in [0.2, 0.25) is 0 Å². The maximum absolute atomic E-state index is 12.6. The number of halogens is 1. The second-order valence-corrected chi connectivity index (χ2v) is 9.15. The minimum Gasteiger partial charge on any atom is -0.452 e. The Morgan fingerprint density at radius 1 is 1.00 bits per heavy atom. The smallest absolute Gasteiger partial charge is 0.339 e. The summed E-state index contributed by atoms with van der Waals surface area (Å²) >= 11 is 3.27. The van der Waals surface area contributed by atoms with Crippen molar-refractivity contribution < 1.29 is 22.1 Å². The van der Waals surface area contributed by atoms with Crippen LogP contribution in [0.1, 0.15) is 28.4 Å². The number of carbonyl (C=O) groups is 1. The van der Waals surface area contributed by atoms with E-state index in [4.69, 9.17) is 8.92 Å². The van der Waals surface area contributed by atoms with Gasteiger partial charge in [0, 0.05) is 10.5 Å². The van der Waals surface area contributed by atoms with Gasteiger partial charge in [-0.15, -0.1) is 0 Å². The molecule has 0 atom stereocenters. The molecule has 1 aliphatic heterocycles. The molecule has 0 saturated carbocycles. The molecule has 0 N–H and O–H groups in total. The molecule has 4 rings (SSSR count). The summed E-state index contributed by atoms with van der Waals surface area (Å²) in [7, 11) is -4.01. The molecule has 0 spiro atoms. The molecule has 0 aromatic heterocycles. The molecule has 0 bridgehead atoms. The Morgan fingerprint density at radius 3 is 2.37 bits per heavy atom. The molecule has 0 fully saturated rings. The average Bonchev–Trinajstić information content (AvgIpc) is 3.03. The van der Waals surface area contributed by atoms with Gasteiger partial charge in [-0.2, -0.15) is 8.42 Å². The fraction of sp³-hybridized carbons (Fsp3) is 0.0870. The van der Waals surface area contributed by atoms with Crippen molar-refractivity contribution in [2.45, 2.75) is 18.2 Å². The lowest BCUT2D eigenvalue weighted by molar-refractivity contribution is 0.101. The summed E-state index contributed by atoms with van der Waals surface area (Å²) in [4.78, 5) is 12.6. The zero-order valence-corrected chi connectivity index (χ0v) is 18.4. The van der Waals surface area contributed by atoms with Crippen LogP contribution in [0.4, 0.5) is 0 Å². The van der Waals surface area contributed by atoms with Gasteiger partial charge in [-0.1, -0.05) is 47.1 Å². The van der Waals surface area contributed by atoms with Crippen LogP contribution in [0.25, 0.3) is 6.08 Å². The standard InChI is InChI=1S/C23H17BrO5S/c1-2-15-3-5-16(6-4-15)13-22-23(25)20-12-9-18(14-21(20)28-22)29-30(26,27)19-10-7-17(24)8-11-19/h3-14H,2H2,1H3/b22-13-. The van der Waals surface area contributed by atoms with Gasteiger partial charge in [0.05, 0.1) is 5.56 Å². The van der Waals surface area contributed by atoms with E-state index in [2.05, 4.69) is 22.9 Å². The van der Waals surface area contributed by atoms with Gasteiger partial charge in [-0.05, 0) is 60.0 Å². The van der Waals surface area contributed by atoms with Crippen LogP contribution in [0.5, 0.6) is 11.5 Å². The fourth-order valence-corrected chi connectivity index (χ4v) is 4.18. The summed E-state index contributed by atoms with van der Waals surface area (Å²) in [6.45, 7) is 2.07. The Balaban J connectivity index is 1.57. The molecule has 1 heterocycles. The minimum absolute atomic E-state index is 0.0271. The maximum Gasteiger partial charge on any atom is 0.339 e. The van der Waals surface area contributed by atoms with Crippen molar-refractivity contribution in [1.29, 1.82) is 0 Å². The fourth-order valence-electron chi connectivity index (χ4n) is 3.00. The molecule has 1 aliphatic rings. The average molecular weight is 485 g/mol. The van der Waals surface area contributed by atoms with E-state index in [-0.39, 0.29) is 27.9 Å². The van der Waals surface area contributed by atoms with Crippen molar-refractivity contribution >= 4 is 37.9 Å². The monoisotopic (exact) mass is 484 g/mol. The molecule has 0 radical (unpaired) electrons. The largest absolute Gasteiger partial charge is 0.452 e. The van der Waals surface area contributed by atoms with Crippen LogP contribution in [0.15, 0.2) is 81.9 Å². The summed E-state index contributed by atoms with van der Waals surface area (Å²) in [5, 5.41) is 0. The predicted molar refractivity (Wildman–Crippen MR) is 117 cm³/mol. The van der Waals surface area contributed by atoms with E-state index in [0.29, 0.717) is 5.56 Å². The molecule has 0 saturated heterocycles. The summed E-state index contributed by atoms with van der Waals surface area (Å²) < 4.78 is 36.6. The third kappa shape index (κ3) is 4.17. The van der Waals surface area contributed by atoms with Crippen molar-refractivity contribution in [1.82, 2.24) is 0 Å². The zero-order chi connectivity index (χ0) is 21.3. The van der Waals surface area contributed by atoms with Crippen molar-refractivity contribution in [2.75, 3.05) is 0 Å². The van der Waals surface area contributed by atoms with Crippen molar-refractivity contribution in [2.24, 2.45) is 0 Å². The van der Waals surface area contributed by atoms with E-state index in [1.165, 1.54) is 35.9 Å². The number of carbonyl (C=O) groups excluding carboxylic acids is 1. The highest BCUT2D eigenvalue weighted by atomic mass is 79.9. The maximum atomic E-state index is 12.6. The molecule has 3 aromatic carbocycles. The topological polar surface area (TPSA) is 69.7 Å². The number of rotatable bonds is 5. The van der Waals surface area contributed by atoms with Crippen molar-refractivity contribution in [3.8, 4) is 11.5 Å². The van der Waals surface area contributed by atoms with E-state index in [9.17, 15) is 13.2 Å². The SMILES string of the molecule is CCc1ccc(/C=C2\Oc3cc(OS(=O)(=O)c4ccc(Br)cc4)ccc3C2=O)cc1. The molecule has 152 valence electrons. The number of aryl methyl sites for hydroxylation is 1. The Kier molecular flexibility index (Phi) is 5.49. The van der Waals surface area contributed by atoms with Crippen LogP contribution in [0.3, 0.4) is 0 Å². The molecule has 30 heavy (non-hydrogen) atoms. The van der Waals surface area contributed by atoms with Crippen LogP contribution >= 0.6 is 15.9 Å². The van der Waals surface area contributed by atoms with Crippen molar-refractivity contribution in [3.63, 3.8) is 0 Å². The lowest BCUT2D eigenvalue weighted by atomic mass is 10.1. The molecular formula is C23H17BrO5S. The van der Waals surface area contributed by atoms with E-state index >= 15 is 0 Å². The lowest BCUT2D eigenvalue weighted by Crippen LogP contribution is -2.09. The van der Waals surface area contributed by atoms with Crippen LogP contribution in [-0.2, 0) is 16.5 Å². The van der Waals surface area contributed by atoms with E-state index < -0.39 is 10.1 Å². The molecule has 7 heteroatoms. The number of benzene rings is 3. The van der Waals surface area contributed by atoms with Crippen molar-refractivity contribution in [3.05, 3.63) is 93.7 Å². The van der Waals surface area contributed by atoms with Gasteiger partial charge < -0.3 is 8.92 Å². The summed E-state index contributed by atoms with van der Waals surface area (Å²) in [6.07, 6.45) is 2.60. The number of hydrogen-bond donors (Lipinski definition) is 0. The van der Waals surface area contributed by atoms with E-state index in [1.54, 1.807) is 18.2 Å². The zero-order valence-electron chi connectivity index (χ0n) is 16.0. The summed E-state index contributed by atoms with van der Waals surface area (Å²) in [6, 6.07) is 18.3. The van der Waals surface area contributed by atoms with Gasteiger partial charge >= 0.3 is 10.1 Å². The van der Waals surface area contributed by atoms with Gasteiger partial charge in [-0.3, -0.25) is 4.79 Å². The Hall–Kier alpha value is -2.90. The van der Waals surface area contributed by atoms with Crippen LogP contribution in [0, 0.1) is 0 Å². The number of ketones is 1. The van der Waals surface area contributed by atoms with Crippen LogP contribution < -0.4 is 8.92 Å². The first-order chi connectivity index (χ1) is 14.4. The highest BCUT2D eigenvalue weighted by molar-refractivity contribution is 9.10. The molecule has 0 aliphatic carbocycles. The first kappa shape index (κ1) is 20.4. The minimum atomic E-state index is -4.01. The second-order valence-electron chi connectivity index (χ2n) is 6.68. The second kappa shape index (κ2) is 8.08. The number of allylic oxidation sites excluding steroid dienone is 1. The molecule has 5 nitrogen and oxygen atoms in total. The Labute approximate surface area is 183 Å². The molecule has 0 unspecified atom stereocenters. The highest BCUT2D eigenvalue weighted by Crippen LogP contribution is 2.35. The predicted octanol–water partition coefficient (Wildman–Crippen LogP) is 5.40. The van der Waals surface area contributed by atoms with Gasteiger partial charge in [0.15, 0.2) is 5.76 Å². The first-order valence-electron chi connectivity index (χ1n) is 9.23. The Morgan fingerprint density at radius 2 is 1.70 bits per heavy atom. The first-order valence-corrected chi connectivity index (χ1v) is 11.4. The van der Waals surface area contributed by atoms with Gasteiger partial charge in [0.1, 0.15) is 16.4 Å². The summed E-state index contributed by atoms with van der Waals surface area (Å²) in [5.41, 5.74) is 2.41. The third-order valence-electron chi connectivity index (χ3n) is 4.64. The lowest BCUT2D eigenvalue weighted by Gasteiger charge is -2.08. The quantitative estimate of drug-likeness (QED) is 0.358. The molecule has 3 aromatic rings. The number of hydrogen-bond acceptors (Lipinski definition) is 5. The molecule has 0 amide bonds. The van der Waals surface area contributed by atoms with E-state index in [0.717, 1.165) is 16.5 Å². The van der Waals surface area contributed by atoms with Gasteiger partial charge in [0.2, 0.25) is 5.78 Å². The number of ether oxygens (including phenoxy) is 1.